The second kappa shape index (κ2) is 9.36. The molecule has 0 aliphatic rings. The fourth-order valence-corrected chi connectivity index (χ4v) is 4.50. The van der Waals surface area contributed by atoms with E-state index >= 15 is 0 Å². The third-order valence-electron chi connectivity index (χ3n) is 5.47. The van der Waals surface area contributed by atoms with E-state index in [4.69, 9.17) is 9.26 Å². The molecule has 1 unspecified atom stereocenters. The Balaban J connectivity index is 1.85. The molecule has 2 aromatic carbocycles. The first-order chi connectivity index (χ1) is 16.9. The molecular weight excluding hydrogens is 507 g/mol. The van der Waals surface area contributed by atoms with E-state index in [1.807, 2.05) is 11.6 Å². The Hall–Kier alpha value is -3.76. The van der Waals surface area contributed by atoms with Crippen LogP contribution in [0.15, 0.2) is 50.5 Å². The maximum Gasteiger partial charge on any atom is 0.335 e. The van der Waals surface area contributed by atoms with Crippen molar-refractivity contribution >= 4 is 41.4 Å². The zero-order valence-corrected chi connectivity index (χ0v) is 21.8. The van der Waals surface area contributed by atoms with Crippen LogP contribution < -0.4 is 26.0 Å². The number of fused-ring (bicyclic) bond motifs is 1. The van der Waals surface area contributed by atoms with E-state index < -0.39 is 33.8 Å². The average molecular weight is 530 g/mol. The molecule has 0 saturated heterocycles. The summed E-state index contributed by atoms with van der Waals surface area (Å²) in [6, 6.07) is 9.81. The summed E-state index contributed by atoms with van der Waals surface area (Å²) in [5, 5.41) is 5.22. The average Bonchev–Trinajstić information content (AvgIpc) is 3.18. The van der Waals surface area contributed by atoms with Gasteiger partial charge in [0.15, 0.2) is 12.2 Å². The topological polar surface area (TPSA) is 142 Å². The van der Waals surface area contributed by atoms with Crippen molar-refractivity contribution in [2.45, 2.75) is 13.8 Å². The third-order valence-corrected chi connectivity index (χ3v) is 6.53. The Kier molecular flexibility index (Phi) is 6.59. The molecule has 0 fully saturated rings. The van der Waals surface area contributed by atoms with Gasteiger partial charge >= 0.3 is 5.69 Å². The molecule has 0 bridgehead atoms. The van der Waals surface area contributed by atoms with Crippen LogP contribution in [0, 0.1) is 13.8 Å². The van der Waals surface area contributed by atoms with Gasteiger partial charge in [-0.15, -0.1) is 9.24 Å². The van der Waals surface area contributed by atoms with E-state index in [1.54, 1.807) is 44.3 Å². The van der Waals surface area contributed by atoms with Gasteiger partial charge in [0.05, 0.1) is 17.3 Å². The lowest BCUT2D eigenvalue weighted by Gasteiger charge is -2.13. The zero-order chi connectivity index (χ0) is 26.4. The molecule has 1 atom stereocenters. The number of aromatic nitrogens is 3. The number of benzene rings is 2. The number of nitrogens with one attached hydrogen (secondary N) is 1. The number of hydrogen-bond acceptors (Lipinski definition) is 8. The molecule has 4 rings (SSSR count). The molecule has 0 aliphatic carbocycles. The summed E-state index contributed by atoms with van der Waals surface area (Å²) in [5.41, 5.74) is 1.98. The molecule has 36 heavy (non-hydrogen) atoms. The number of rotatable bonds is 6. The van der Waals surface area contributed by atoms with Crippen molar-refractivity contribution in [2.75, 3.05) is 12.9 Å². The third kappa shape index (κ3) is 4.95. The molecule has 188 valence electrons. The highest BCUT2D eigenvalue weighted by Crippen LogP contribution is 2.36. The largest absolute Gasteiger partial charge is 0.483 e. The van der Waals surface area contributed by atoms with E-state index in [2.05, 4.69) is 14.4 Å². The fourth-order valence-electron chi connectivity index (χ4n) is 3.67. The Morgan fingerprint density at radius 1 is 1.17 bits per heavy atom. The summed E-state index contributed by atoms with van der Waals surface area (Å²) < 4.78 is 38.0. The van der Waals surface area contributed by atoms with E-state index in [-0.39, 0.29) is 5.75 Å². The molecule has 2 aromatic heterocycles. The standard InChI is InChI=1S/C23H23N4O7PS/c1-12-5-6-17(33-11-20(28)25-36(4,31)32)14(7-12)22-15-9-16(19(35)10-18(15)34-24-22)27-21(29)8-13(2)26(3)23(27)30/h5-10H,11,35H2,1-4H3,(H,25,28). The van der Waals surface area contributed by atoms with Crippen LogP contribution in [0.5, 0.6) is 5.75 Å². The first-order valence-electron chi connectivity index (χ1n) is 10.6. The SMILES string of the molecule is Cc1ccc(OCC(=O)NS(C)(=O)=O)c(-c2noc3cc(P)c(-n4c(=O)cc(C)n(C)c4=O)cc23)c1. The predicted octanol–water partition coefficient (Wildman–Crippen LogP) is 0.916. The number of nitrogens with zero attached hydrogens (tertiary/aromatic N) is 3. The maximum atomic E-state index is 12.9. The van der Waals surface area contributed by atoms with Crippen molar-refractivity contribution in [2.24, 2.45) is 7.05 Å². The van der Waals surface area contributed by atoms with E-state index in [9.17, 15) is 22.8 Å². The Bertz CT molecular complexity index is 1750. The Labute approximate surface area is 207 Å². The van der Waals surface area contributed by atoms with Crippen LogP contribution in [0.1, 0.15) is 11.3 Å². The first kappa shape index (κ1) is 25.3. The molecule has 0 radical (unpaired) electrons. The predicted molar refractivity (Wildman–Crippen MR) is 138 cm³/mol. The highest BCUT2D eigenvalue weighted by Gasteiger charge is 2.20. The lowest BCUT2D eigenvalue weighted by Crippen LogP contribution is -2.39. The summed E-state index contributed by atoms with van der Waals surface area (Å²) >= 11 is 0. The summed E-state index contributed by atoms with van der Waals surface area (Å²) in [6.07, 6.45) is 0.869. The van der Waals surface area contributed by atoms with Gasteiger partial charge in [-0.2, -0.15) is 0 Å². The number of amides is 1. The van der Waals surface area contributed by atoms with Gasteiger partial charge in [-0.1, -0.05) is 16.8 Å². The van der Waals surface area contributed by atoms with Gasteiger partial charge in [0.25, 0.3) is 11.5 Å². The molecule has 4 aromatic rings. The summed E-state index contributed by atoms with van der Waals surface area (Å²) in [7, 11) is 0.340. The highest BCUT2D eigenvalue weighted by atomic mass is 32.2. The van der Waals surface area contributed by atoms with Crippen LogP contribution in [-0.2, 0) is 21.9 Å². The lowest BCUT2D eigenvalue weighted by atomic mass is 10.0. The second-order valence-electron chi connectivity index (χ2n) is 8.33. The molecule has 11 nitrogen and oxygen atoms in total. The highest BCUT2D eigenvalue weighted by molar-refractivity contribution is 7.89. The maximum absolute atomic E-state index is 12.9. The van der Waals surface area contributed by atoms with Crippen LogP contribution in [-0.4, -0.2) is 41.5 Å². The van der Waals surface area contributed by atoms with Gasteiger partial charge in [0.1, 0.15) is 11.4 Å². The number of hydrogen-bond donors (Lipinski definition) is 1. The first-order valence-corrected chi connectivity index (χ1v) is 13.1. The summed E-state index contributed by atoms with van der Waals surface area (Å²) in [4.78, 5) is 37.6. The lowest BCUT2D eigenvalue weighted by molar-refractivity contribution is -0.121. The number of aryl methyl sites for hydroxylation is 2. The number of ether oxygens (including phenoxy) is 1. The van der Waals surface area contributed by atoms with Gasteiger partial charge in [0, 0.05) is 24.4 Å². The zero-order valence-electron chi connectivity index (χ0n) is 19.9. The van der Waals surface area contributed by atoms with Gasteiger partial charge in [-0.3, -0.25) is 14.3 Å². The quantitative estimate of drug-likeness (QED) is 0.363. The van der Waals surface area contributed by atoms with E-state index in [0.29, 0.717) is 38.9 Å². The fraction of sp³-hybridized carbons (Fsp3) is 0.217. The smallest absolute Gasteiger partial charge is 0.335 e. The van der Waals surface area contributed by atoms with Crippen molar-refractivity contribution in [3.8, 4) is 22.7 Å². The molecule has 0 saturated carbocycles. The number of carbonyl (C=O) groups excluding carboxylic acids is 1. The van der Waals surface area contributed by atoms with Crippen molar-refractivity contribution < 1.29 is 22.5 Å². The Morgan fingerprint density at radius 2 is 1.89 bits per heavy atom. The van der Waals surface area contributed by atoms with Crippen LogP contribution in [0.25, 0.3) is 27.9 Å². The monoisotopic (exact) mass is 530 g/mol. The summed E-state index contributed by atoms with van der Waals surface area (Å²) in [5.74, 6) is -0.571. The molecule has 13 heteroatoms. The van der Waals surface area contributed by atoms with Gasteiger partial charge in [-0.25, -0.2) is 17.8 Å². The molecule has 2 heterocycles. The molecular formula is C23H23N4O7PS. The van der Waals surface area contributed by atoms with Gasteiger partial charge < -0.3 is 13.8 Å². The van der Waals surface area contributed by atoms with Crippen LogP contribution in [0.4, 0.5) is 0 Å². The number of carbonyl (C=O) groups is 1. The van der Waals surface area contributed by atoms with Crippen molar-refractivity contribution in [3.63, 3.8) is 0 Å². The molecule has 0 aliphatic heterocycles. The minimum absolute atomic E-state index is 0.263. The van der Waals surface area contributed by atoms with E-state index in [1.165, 1.54) is 10.6 Å². The van der Waals surface area contributed by atoms with Crippen LogP contribution in [0.2, 0.25) is 0 Å². The Morgan fingerprint density at radius 3 is 2.58 bits per heavy atom. The molecule has 1 amide bonds. The summed E-state index contributed by atoms with van der Waals surface area (Å²) in [6.45, 7) is 2.98. The van der Waals surface area contributed by atoms with Crippen molar-refractivity contribution in [1.82, 2.24) is 19.0 Å². The normalized spacial score (nSPS) is 11.6. The minimum atomic E-state index is -3.73. The minimum Gasteiger partial charge on any atom is -0.483 e. The molecule has 1 N–H and O–H groups in total. The van der Waals surface area contributed by atoms with E-state index in [0.717, 1.165) is 16.4 Å². The van der Waals surface area contributed by atoms with Gasteiger partial charge in [0.2, 0.25) is 10.0 Å². The van der Waals surface area contributed by atoms with Crippen molar-refractivity contribution in [3.05, 3.63) is 68.5 Å². The van der Waals surface area contributed by atoms with Crippen molar-refractivity contribution in [1.29, 1.82) is 0 Å². The number of sulfonamides is 1. The molecule has 0 spiro atoms. The van der Waals surface area contributed by atoms with Crippen LogP contribution in [0.3, 0.4) is 0 Å². The van der Waals surface area contributed by atoms with Crippen LogP contribution >= 0.6 is 9.24 Å². The second-order valence-corrected chi connectivity index (χ2v) is 10.7. The van der Waals surface area contributed by atoms with Gasteiger partial charge in [-0.05, 0) is 43.4 Å².